The number of ether oxygens (including phenoxy) is 2. The van der Waals surface area contributed by atoms with E-state index >= 15 is 0 Å². The Morgan fingerprint density at radius 3 is 2.73 bits per heavy atom. The highest BCUT2D eigenvalue weighted by Crippen LogP contribution is 2.47. The Morgan fingerprint density at radius 1 is 1.00 bits per heavy atom. The Bertz CT molecular complexity index is 1180. The van der Waals surface area contributed by atoms with E-state index in [0.29, 0.717) is 11.4 Å². The summed E-state index contributed by atoms with van der Waals surface area (Å²) >= 11 is 0. The minimum atomic E-state index is -3.65. The average molecular weight is 411 g/mol. The largest absolute Gasteiger partial charge is 0.586 e. The van der Waals surface area contributed by atoms with Crippen LogP contribution in [-0.2, 0) is 4.84 Å². The number of halogens is 2. The molecule has 1 saturated carbocycles. The maximum atomic E-state index is 13.5. The van der Waals surface area contributed by atoms with Crippen LogP contribution in [0.4, 0.5) is 8.78 Å². The number of nitrogens with one attached hydrogen (secondary N) is 2. The molecule has 0 atom stereocenters. The van der Waals surface area contributed by atoms with Gasteiger partial charge in [0.25, 0.3) is 0 Å². The van der Waals surface area contributed by atoms with E-state index in [9.17, 15) is 8.78 Å². The summed E-state index contributed by atoms with van der Waals surface area (Å²) in [6.45, 7) is 0. The molecule has 0 bridgehead atoms. The first-order chi connectivity index (χ1) is 14.5. The van der Waals surface area contributed by atoms with Crippen molar-refractivity contribution in [3.05, 3.63) is 48.3 Å². The smallest absolute Gasteiger partial charge is 0.395 e. The number of hydrogen-bond donors (Lipinski definition) is 2. The molecule has 1 aliphatic carbocycles. The van der Waals surface area contributed by atoms with Crippen molar-refractivity contribution >= 4 is 16.7 Å². The molecule has 0 saturated heterocycles. The molecule has 1 aromatic heterocycles. The highest BCUT2D eigenvalue weighted by molar-refractivity contribution is 5.86. The third-order valence-electron chi connectivity index (χ3n) is 5.95. The molecule has 3 aliphatic rings. The molecule has 0 radical (unpaired) electrons. The number of benzene rings is 2. The number of hydrogen-bond acceptors (Lipinski definition) is 5. The van der Waals surface area contributed by atoms with Gasteiger partial charge in [0.15, 0.2) is 17.3 Å². The van der Waals surface area contributed by atoms with Gasteiger partial charge in [0, 0.05) is 5.56 Å². The number of aromatic amines is 1. The summed E-state index contributed by atoms with van der Waals surface area (Å²) in [5, 5.41) is 0. The summed E-state index contributed by atoms with van der Waals surface area (Å²) in [6.07, 6.45) is 4.02. The molecular weight excluding hydrogens is 392 g/mol. The molecule has 154 valence electrons. The van der Waals surface area contributed by atoms with Gasteiger partial charge in [-0.2, -0.15) is 0 Å². The van der Waals surface area contributed by atoms with Gasteiger partial charge in [0.05, 0.1) is 11.0 Å². The first-order valence-corrected chi connectivity index (χ1v) is 10.1. The van der Waals surface area contributed by atoms with Gasteiger partial charge in [-0.1, -0.05) is 37.5 Å². The van der Waals surface area contributed by atoms with E-state index in [1.54, 1.807) is 12.1 Å². The second kappa shape index (κ2) is 6.18. The van der Waals surface area contributed by atoms with Crippen LogP contribution in [0.2, 0.25) is 0 Å². The Hall–Kier alpha value is -3.13. The van der Waals surface area contributed by atoms with Gasteiger partial charge >= 0.3 is 6.29 Å². The van der Waals surface area contributed by atoms with Crippen LogP contribution < -0.4 is 15.0 Å². The fraction of sp³-hybridized carbons (Fsp3) is 0.318. The van der Waals surface area contributed by atoms with Crippen molar-refractivity contribution in [2.45, 2.75) is 44.0 Å². The number of aromatic nitrogens is 2. The first-order valence-electron chi connectivity index (χ1n) is 10.1. The van der Waals surface area contributed by atoms with E-state index in [2.05, 4.69) is 26.3 Å². The van der Waals surface area contributed by atoms with Crippen molar-refractivity contribution in [3.63, 3.8) is 0 Å². The molecule has 3 aromatic rings. The van der Waals surface area contributed by atoms with Crippen LogP contribution in [0.3, 0.4) is 0 Å². The maximum absolute atomic E-state index is 13.5. The molecule has 3 heterocycles. The third-order valence-corrected chi connectivity index (χ3v) is 5.95. The zero-order valence-corrected chi connectivity index (χ0v) is 16.0. The van der Waals surface area contributed by atoms with E-state index in [1.165, 1.54) is 12.5 Å². The summed E-state index contributed by atoms with van der Waals surface area (Å²) in [5.41, 5.74) is 6.43. The van der Waals surface area contributed by atoms with Crippen molar-refractivity contribution < 1.29 is 23.1 Å². The summed E-state index contributed by atoms with van der Waals surface area (Å²) in [6, 6.07) is 10.4. The molecular formula is C22H19F2N3O3. The molecule has 2 aliphatic heterocycles. The summed E-state index contributed by atoms with van der Waals surface area (Å²) in [5.74, 6) is 0.751. The van der Waals surface area contributed by atoms with Crippen LogP contribution in [0.5, 0.6) is 11.5 Å². The predicted octanol–water partition coefficient (Wildman–Crippen LogP) is 5.13. The quantitative estimate of drug-likeness (QED) is 0.612. The number of rotatable bonds is 2. The molecule has 6 nitrogen and oxygen atoms in total. The Balaban J connectivity index is 1.36. The number of para-hydroxylation sites is 1. The minimum Gasteiger partial charge on any atom is -0.395 e. The molecule has 1 spiro atoms. The number of fused-ring (bicyclic) bond motifs is 2. The molecule has 0 unspecified atom stereocenters. The molecule has 30 heavy (non-hydrogen) atoms. The SMILES string of the molecule is FC1(F)Oc2cccc(-c3ccc4nc(C5=CC6(CCCCC6)ON5)[nH]c4c3)c2O1. The van der Waals surface area contributed by atoms with Gasteiger partial charge in [-0.25, -0.2) is 4.98 Å². The van der Waals surface area contributed by atoms with Crippen LogP contribution in [0.15, 0.2) is 42.5 Å². The van der Waals surface area contributed by atoms with Crippen molar-refractivity contribution in [2.24, 2.45) is 0 Å². The second-order valence-electron chi connectivity index (χ2n) is 8.01. The monoisotopic (exact) mass is 411 g/mol. The van der Waals surface area contributed by atoms with Crippen LogP contribution in [0.25, 0.3) is 27.9 Å². The van der Waals surface area contributed by atoms with Crippen molar-refractivity contribution in [1.29, 1.82) is 0 Å². The fourth-order valence-electron chi connectivity index (χ4n) is 4.49. The number of imidazole rings is 1. The van der Waals surface area contributed by atoms with Gasteiger partial charge in [-0.3, -0.25) is 10.3 Å². The molecule has 8 heteroatoms. The highest BCUT2D eigenvalue weighted by atomic mass is 19.3. The lowest BCUT2D eigenvalue weighted by Gasteiger charge is -2.29. The van der Waals surface area contributed by atoms with Gasteiger partial charge in [-0.05, 0) is 42.7 Å². The van der Waals surface area contributed by atoms with E-state index in [0.717, 1.165) is 48.0 Å². The van der Waals surface area contributed by atoms with Crippen molar-refractivity contribution in [2.75, 3.05) is 0 Å². The van der Waals surface area contributed by atoms with Crippen molar-refractivity contribution in [3.8, 4) is 22.6 Å². The Morgan fingerprint density at radius 2 is 1.87 bits per heavy atom. The summed E-state index contributed by atoms with van der Waals surface area (Å²) in [4.78, 5) is 13.9. The lowest BCUT2D eigenvalue weighted by molar-refractivity contribution is -0.286. The fourth-order valence-corrected chi connectivity index (χ4v) is 4.49. The van der Waals surface area contributed by atoms with E-state index in [-0.39, 0.29) is 17.1 Å². The minimum absolute atomic E-state index is 0.0261. The normalized spacial score (nSPS) is 21.1. The van der Waals surface area contributed by atoms with E-state index < -0.39 is 6.29 Å². The maximum Gasteiger partial charge on any atom is 0.586 e. The zero-order valence-electron chi connectivity index (χ0n) is 16.0. The van der Waals surface area contributed by atoms with Crippen LogP contribution in [-0.4, -0.2) is 21.9 Å². The van der Waals surface area contributed by atoms with Crippen LogP contribution >= 0.6 is 0 Å². The topological polar surface area (TPSA) is 68.4 Å². The summed E-state index contributed by atoms with van der Waals surface area (Å²) in [7, 11) is 0. The Kier molecular flexibility index (Phi) is 3.65. The third kappa shape index (κ3) is 2.82. The van der Waals surface area contributed by atoms with Gasteiger partial charge < -0.3 is 14.5 Å². The number of alkyl halides is 2. The second-order valence-corrected chi connectivity index (χ2v) is 8.01. The van der Waals surface area contributed by atoms with Gasteiger partial charge in [0.2, 0.25) is 0 Å². The van der Waals surface area contributed by atoms with Crippen molar-refractivity contribution in [1.82, 2.24) is 15.4 Å². The number of H-pyrrole nitrogens is 1. The lowest BCUT2D eigenvalue weighted by atomic mass is 9.84. The standard InChI is InChI=1S/C22H19F2N3O3/c23-22(24)28-18-6-4-5-14(19(18)29-22)13-7-8-15-16(11-13)26-20(25-15)17-12-21(30-27-17)9-2-1-3-10-21/h4-8,11-12,27H,1-3,9-10H2,(H,25,26). The van der Waals surface area contributed by atoms with E-state index in [4.69, 9.17) is 9.57 Å². The molecule has 1 fully saturated rings. The molecule has 6 rings (SSSR count). The van der Waals surface area contributed by atoms with Crippen LogP contribution in [0.1, 0.15) is 37.9 Å². The highest BCUT2D eigenvalue weighted by Gasteiger charge is 2.44. The van der Waals surface area contributed by atoms with E-state index in [1.807, 2.05) is 18.2 Å². The predicted molar refractivity (Wildman–Crippen MR) is 106 cm³/mol. The van der Waals surface area contributed by atoms with Crippen LogP contribution in [0, 0.1) is 0 Å². The van der Waals surface area contributed by atoms with Gasteiger partial charge in [-0.15, -0.1) is 8.78 Å². The number of hydroxylamine groups is 1. The average Bonchev–Trinajstić information content (AvgIpc) is 3.41. The number of nitrogens with zero attached hydrogens (tertiary/aromatic N) is 1. The first kappa shape index (κ1) is 17.7. The molecule has 0 amide bonds. The lowest BCUT2D eigenvalue weighted by Crippen LogP contribution is -2.31. The molecule has 2 N–H and O–H groups in total. The summed E-state index contributed by atoms with van der Waals surface area (Å²) < 4.78 is 36.3. The molecule has 2 aromatic carbocycles. The zero-order chi connectivity index (χ0) is 20.3. The van der Waals surface area contributed by atoms with Gasteiger partial charge in [0.1, 0.15) is 11.3 Å². The Labute approximate surface area is 170 Å².